The van der Waals surface area contributed by atoms with Crippen molar-refractivity contribution in [1.82, 2.24) is 0 Å². The molecule has 0 spiro atoms. The number of carbonyl (C=O) groups is 1. The number of ketones is 1. The molecule has 4 rings (SSSR count). The van der Waals surface area contributed by atoms with Crippen molar-refractivity contribution < 1.29 is 22.7 Å². The van der Waals surface area contributed by atoms with Crippen molar-refractivity contribution in [2.45, 2.75) is 78.3 Å². The number of rotatable bonds is 5. The van der Waals surface area contributed by atoms with Crippen LogP contribution < -0.4 is 4.72 Å². The molecule has 2 aliphatic carbocycles. The van der Waals surface area contributed by atoms with Crippen LogP contribution in [0.15, 0.2) is 24.3 Å². The molecule has 7 heteroatoms. The quantitative estimate of drug-likeness (QED) is 0.740. The lowest BCUT2D eigenvalue weighted by molar-refractivity contribution is -0.128. The van der Waals surface area contributed by atoms with E-state index in [2.05, 4.69) is 4.72 Å². The topological polar surface area (TPSA) is 81.7 Å². The molecule has 2 atom stereocenters. The lowest BCUT2D eigenvalue weighted by atomic mass is 9.70. The van der Waals surface area contributed by atoms with Crippen molar-refractivity contribution in [3.8, 4) is 0 Å². The minimum absolute atomic E-state index is 0.0973. The molecule has 6 nitrogen and oxygen atoms in total. The summed E-state index contributed by atoms with van der Waals surface area (Å²) in [5.74, 6) is 0.218. The third kappa shape index (κ3) is 3.21. The van der Waals surface area contributed by atoms with Gasteiger partial charge in [-0.1, -0.05) is 26.0 Å². The molecule has 3 fully saturated rings. The van der Waals surface area contributed by atoms with Gasteiger partial charge in [0, 0.05) is 17.7 Å². The molecule has 0 amide bonds. The predicted octanol–water partition coefficient (Wildman–Crippen LogP) is 4.43. The fourth-order valence-electron chi connectivity index (χ4n) is 5.38. The van der Waals surface area contributed by atoms with Gasteiger partial charge in [-0.25, -0.2) is 8.42 Å². The normalized spacial score (nSPS) is 31.9. The van der Waals surface area contributed by atoms with E-state index in [4.69, 9.17) is 9.47 Å². The molecular weight excluding hydrogens is 402 g/mol. The Morgan fingerprint density at radius 1 is 1.07 bits per heavy atom. The van der Waals surface area contributed by atoms with Gasteiger partial charge in [0.15, 0.2) is 6.29 Å². The second-order valence-electron chi connectivity index (χ2n) is 10.7. The van der Waals surface area contributed by atoms with Gasteiger partial charge >= 0.3 is 0 Å². The fraction of sp³-hybridized carbons (Fsp3) is 0.696. The Kier molecular flexibility index (Phi) is 4.74. The molecule has 2 saturated carbocycles. The Morgan fingerprint density at radius 3 is 2.23 bits per heavy atom. The summed E-state index contributed by atoms with van der Waals surface area (Å²) in [7, 11) is -3.70. The van der Waals surface area contributed by atoms with Gasteiger partial charge in [-0.2, -0.15) is 0 Å². The van der Waals surface area contributed by atoms with E-state index in [-0.39, 0.29) is 22.9 Å². The molecule has 0 radical (unpaired) electrons. The summed E-state index contributed by atoms with van der Waals surface area (Å²) in [6.45, 7) is 12.0. The maximum absolute atomic E-state index is 13.1. The molecule has 2 bridgehead atoms. The van der Waals surface area contributed by atoms with E-state index >= 15 is 0 Å². The zero-order valence-corrected chi connectivity index (χ0v) is 19.6. The second-order valence-corrected chi connectivity index (χ2v) is 12.5. The maximum atomic E-state index is 13.1. The molecule has 166 valence electrons. The number of anilines is 1. The highest BCUT2D eigenvalue weighted by Crippen LogP contribution is 2.64. The summed E-state index contributed by atoms with van der Waals surface area (Å²) in [4.78, 5) is 12.7. The number of carbonyl (C=O) groups excluding carboxylic acids is 1. The molecule has 1 aliphatic heterocycles. The minimum Gasteiger partial charge on any atom is -0.339 e. The average molecular weight is 436 g/mol. The van der Waals surface area contributed by atoms with Gasteiger partial charge < -0.3 is 9.47 Å². The lowest BCUT2D eigenvalue weighted by Gasteiger charge is -2.36. The number of hydrogen-bond acceptors (Lipinski definition) is 5. The summed E-state index contributed by atoms with van der Waals surface area (Å²) in [5, 5.41) is 0. The zero-order valence-electron chi connectivity index (χ0n) is 18.7. The molecule has 3 aliphatic rings. The van der Waals surface area contributed by atoms with E-state index in [1.165, 1.54) is 0 Å². The molecular formula is C23H33NO5S. The van der Waals surface area contributed by atoms with E-state index < -0.39 is 32.9 Å². The summed E-state index contributed by atoms with van der Waals surface area (Å²) in [6.07, 6.45) is 1.51. The average Bonchev–Trinajstić information content (AvgIpc) is 3.05. The highest BCUT2D eigenvalue weighted by Gasteiger charge is 2.65. The SMILES string of the molecule is CC1(C)OC(c2cccc(NS(=O)(=O)C[C@]34CC[C@@H](CC3=O)C4(C)C)c2)OC1(C)C. The second kappa shape index (κ2) is 6.53. The van der Waals surface area contributed by atoms with Gasteiger partial charge in [-0.15, -0.1) is 0 Å². The molecule has 0 unspecified atom stereocenters. The Hall–Kier alpha value is -1.44. The van der Waals surface area contributed by atoms with E-state index in [0.717, 1.165) is 12.0 Å². The lowest BCUT2D eigenvalue weighted by Crippen LogP contribution is -2.43. The molecule has 0 aromatic heterocycles. The van der Waals surface area contributed by atoms with Crippen molar-refractivity contribution in [2.75, 3.05) is 10.5 Å². The zero-order chi connectivity index (χ0) is 22.2. The number of Topliss-reactive ketones (excluding diaryl/α,β-unsaturated/α-hetero) is 1. The number of benzene rings is 1. The number of sulfonamides is 1. The van der Waals surface area contributed by atoms with Crippen LogP contribution in [0.3, 0.4) is 0 Å². The van der Waals surface area contributed by atoms with Crippen LogP contribution >= 0.6 is 0 Å². The Bertz CT molecular complexity index is 965. The molecule has 30 heavy (non-hydrogen) atoms. The van der Waals surface area contributed by atoms with Crippen molar-refractivity contribution in [3.05, 3.63) is 29.8 Å². The Labute approximate surface area is 179 Å². The highest BCUT2D eigenvalue weighted by molar-refractivity contribution is 7.92. The summed E-state index contributed by atoms with van der Waals surface area (Å²) < 4.78 is 41.0. The van der Waals surface area contributed by atoms with Gasteiger partial charge in [-0.05, 0) is 64.0 Å². The number of nitrogens with one attached hydrogen (secondary N) is 1. The first kappa shape index (κ1) is 21.8. The molecule has 1 aromatic carbocycles. The summed E-state index contributed by atoms with van der Waals surface area (Å²) in [5.41, 5.74) is -0.808. The number of hydrogen-bond donors (Lipinski definition) is 1. The third-order valence-electron chi connectivity index (χ3n) is 8.26. The Morgan fingerprint density at radius 2 is 1.70 bits per heavy atom. The first-order valence-electron chi connectivity index (χ1n) is 10.7. The molecule has 1 heterocycles. The van der Waals surface area contributed by atoms with Gasteiger partial charge in [0.2, 0.25) is 10.0 Å². The van der Waals surface area contributed by atoms with E-state index in [9.17, 15) is 13.2 Å². The first-order valence-corrected chi connectivity index (χ1v) is 12.3. The standard InChI is InChI=1S/C23H33NO5S/c1-20(2)16-10-11-23(20,18(25)13-16)14-30(26,27)24-17-9-7-8-15(12-17)19-28-21(3,4)22(5,6)29-19/h7-9,12,16,19,24H,10-11,13-14H2,1-6H3/t16-,23+/m0/s1. The van der Waals surface area contributed by atoms with Crippen LogP contribution in [0, 0.1) is 16.7 Å². The van der Waals surface area contributed by atoms with Gasteiger partial charge in [0.05, 0.1) is 22.4 Å². The van der Waals surface area contributed by atoms with E-state index in [1.54, 1.807) is 18.2 Å². The minimum atomic E-state index is -3.70. The van der Waals surface area contributed by atoms with E-state index in [0.29, 0.717) is 18.5 Å². The van der Waals surface area contributed by atoms with Gasteiger partial charge in [-0.3, -0.25) is 9.52 Å². The van der Waals surface area contributed by atoms with Crippen LogP contribution in [0.25, 0.3) is 0 Å². The van der Waals surface area contributed by atoms with Gasteiger partial charge in [0.25, 0.3) is 0 Å². The predicted molar refractivity (Wildman–Crippen MR) is 115 cm³/mol. The highest BCUT2D eigenvalue weighted by atomic mass is 32.2. The van der Waals surface area contributed by atoms with E-state index in [1.807, 2.05) is 47.6 Å². The third-order valence-corrected chi connectivity index (χ3v) is 9.68. The van der Waals surface area contributed by atoms with Crippen molar-refractivity contribution in [1.29, 1.82) is 0 Å². The number of ether oxygens (including phenoxy) is 2. The van der Waals surface area contributed by atoms with Gasteiger partial charge in [0.1, 0.15) is 5.78 Å². The summed E-state index contributed by atoms with van der Waals surface area (Å²) >= 11 is 0. The van der Waals surface area contributed by atoms with Crippen molar-refractivity contribution in [3.63, 3.8) is 0 Å². The van der Waals surface area contributed by atoms with Crippen LogP contribution in [-0.2, 0) is 24.3 Å². The van der Waals surface area contributed by atoms with Crippen LogP contribution in [-0.4, -0.2) is 31.2 Å². The monoisotopic (exact) mass is 435 g/mol. The first-order chi connectivity index (χ1) is 13.7. The summed E-state index contributed by atoms with van der Waals surface area (Å²) in [6, 6.07) is 7.11. The largest absolute Gasteiger partial charge is 0.339 e. The maximum Gasteiger partial charge on any atom is 0.233 e. The van der Waals surface area contributed by atoms with Crippen LogP contribution in [0.4, 0.5) is 5.69 Å². The van der Waals surface area contributed by atoms with Crippen molar-refractivity contribution in [2.24, 2.45) is 16.7 Å². The fourth-order valence-corrected chi connectivity index (χ4v) is 7.26. The number of fused-ring (bicyclic) bond motifs is 2. The van der Waals surface area contributed by atoms with Crippen LogP contribution in [0.1, 0.15) is 72.7 Å². The molecule has 1 aromatic rings. The van der Waals surface area contributed by atoms with Crippen molar-refractivity contribution >= 4 is 21.5 Å². The van der Waals surface area contributed by atoms with Crippen LogP contribution in [0.2, 0.25) is 0 Å². The Balaban J connectivity index is 1.54. The molecule has 1 saturated heterocycles. The van der Waals surface area contributed by atoms with Crippen LogP contribution in [0.5, 0.6) is 0 Å². The smallest absolute Gasteiger partial charge is 0.233 e. The molecule has 1 N–H and O–H groups in total.